The smallest absolute Gasteiger partial charge is 0.226 e. The average Bonchev–Trinajstić information content (AvgIpc) is 3.16. The summed E-state index contributed by atoms with van der Waals surface area (Å²) >= 11 is 6.09. The predicted octanol–water partition coefficient (Wildman–Crippen LogP) is 6.17. The highest BCUT2D eigenvalue weighted by Crippen LogP contribution is 2.32. The zero-order valence-corrected chi connectivity index (χ0v) is 20.0. The molecule has 1 atom stereocenters. The van der Waals surface area contributed by atoms with Gasteiger partial charge in [-0.1, -0.05) is 32.4 Å². The molecule has 0 fully saturated rings. The van der Waals surface area contributed by atoms with Crippen molar-refractivity contribution in [2.45, 2.75) is 47.0 Å². The lowest BCUT2D eigenvalue weighted by Gasteiger charge is -2.13. The molecule has 1 unspecified atom stereocenters. The molecule has 0 spiro atoms. The molecule has 0 aliphatic carbocycles. The summed E-state index contributed by atoms with van der Waals surface area (Å²) in [5.74, 6) is 1.96. The summed E-state index contributed by atoms with van der Waals surface area (Å²) in [5.41, 5.74) is 4.19. The lowest BCUT2D eigenvalue weighted by Crippen LogP contribution is -2.15. The monoisotopic (exact) mass is 455 g/mol. The molecular formula is C26H30ClNO4. The fourth-order valence-corrected chi connectivity index (χ4v) is 3.96. The topological polar surface area (TPSA) is 72.6 Å². The van der Waals surface area contributed by atoms with Gasteiger partial charge in [-0.25, -0.2) is 4.98 Å². The molecule has 0 amide bonds. The number of carbonyl (C=O) groups is 1. The minimum Gasteiger partial charge on any atom is -0.491 e. The molecule has 3 rings (SSSR count). The first kappa shape index (κ1) is 24.0. The van der Waals surface area contributed by atoms with Gasteiger partial charge in [0.25, 0.3) is 0 Å². The average molecular weight is 456 g/mol. The van der Waals surface area contributed by atoms with Crippen LogP contribution in [0.4, 0.5) is 0 Å². The summed E-state index contributed by atoms with van der Waals surface area (Å²) in [4.78, 5) is 17.9. The maximum atomic E-state index is 13.1. The van der Waals surface area contributed by atoms with Crippen LogP contribution in [0.2, 0.25) is 5.02 Å². The van der Waals surface area contributed by atoms with Gasteiger partial charge in [-0.2, -0.15) is 0 Å². The van der Waals surface area contributed by atoms with Gasteiger partial charge in [-0.15, -0.1) is 0 Å². The molecule has 1 heterocycles. The quantitative estimate of drug-likeness (QED) is 0.391. The summed E-state index contributed by atoms with van der Waals surface area (Å²) in [5, 5.41) is 9.61. The highest BCUT2D eigenvalue weighted by atomic mass is 35.5. The Kier molecular flexibility index (Phi) is 7.75. The Bertz CT molecular complexity index is 1100. The second-order valence-corrected chi connectivity index (χ2v) is 8.90. The van der Waals surface area contributed by atoms with Crippen molar-refractivity contribution < 1.29 is 19.1 Å². The highest BCUT2D eigenvalue weighted by molar-refractivity contribution is 6.30. The standard InChI is InChI=1S/C26H30ClNO4/c1-15(2)25-22(28-26(32-25)21-8-7-20(27)13-16(21)3)14-18(5)24(30)19-6-9-23(17(4)12-19)31-11-10-29/h6-9,12-13,15,18,29H,10-11,14H2,1-5H3. The number of aliphatic hydroxyl groups excluding tert-OH is 1. The molecule has 1 N–H and O–H groups in total. The van der Waals surface area contributed by atoms with Gasteiger partial charge in [0, 0.05) is 34.4 Å². The van der Waals surface area contributed by atoms with Gasteiger partial charge in [-0.05, 0) is 61.4 Å². The lowest BCUT2D eigenvalue weighted by atomic mass is 9.92. The second-order valence-electron chi connectivity index (χ2n) is 8.47. The summed E-state index contributed by atoms with van der Waals surface area (Å²) in [6.45, 7) is 10.1. The maximum Gasteiger partial charge on any atom is 0.226 e. The minimum absolute atomic E-state index is 0.0451. The van der Waals surface area contributed by atoms with Crippen LogP contribution in [0.15, 0.2) is 40.8 Å². The van der Waals surface area contributed by atoms with Crippen molar-refractivity contribution in [3.63, 3.8) is 0 Å². The summed E-state index contributed by atoms with van der Waals surface area (Å²) < 4.78 is 11.6. The van der Waals surface area contributed by atoms with Crippen molar-refractivity contribution in [2.75, 3.05) is 13.2 Å². The molecule has 0 aliphatic rings. The van der Waals surface area contributed by atoms with Crippen molar-refractivity contribution in [1.29, 1.82) is 0 Å². The van der Waals surface area contributed by atoms with E-state index in [2.05, 4.69) is 13.8 Å². The minimum atomic E-state index is -0.264. The third-order valence-corrected chi connectivity index (χ3v) is 5.66. The number of ketones is 1. The first-order valence-electron chi connectivity index (χ1n) is 10.9. The zero-order valence-electron chi connectivity index (χ0n) is 19.2. The van der Waals surface area contributed by atoms with Crippen LogP contribution in [0.3, 0.4) is 0 Å². The Hall–Kier alpha value is -2.63. The number of carbonyl (C=O) groups excluding carboxylic acids is 1. The van der Waals surface area contributed by atoms with Crippen molar-refractivity contribution in [3.8, 4) is 17.2 Å². The molecule has 0 saturated carbocycles. The van der Waals surface area contributed by atoms with Crippen molar-refractivity contribution in [2.24, 2.45) is 5.92 Å². The first-order chi connectivity index (χ1) is 15.2. The van der Waals surface area contributed by atoms with Gasteiger partial charge in [0.2, 0.25) is 5.89 Å². The maximum absolute atomic E-state index is 13.1. The van der Waals surface area contributed by atoms with Gasteiger partial charge in [0.1, 0.15) is 18.1 Å². The fraction of sp³-hybridized carbons (Fsp3) is 0.385. The molecule has 6 heteroatoms. The van der Waals surface area contributed by atoms with E-state index in [0.29, 0.717) is 28.6 Å². The summed E-state index contributed by atoms with van der Waals surface area (Å²) in [7, 11) is 0. The second kappa shape index (κ2) is 10.3. The normalized spacial score (nSPS) is 12.2. The molecule has 5 nitrogen and oxygen atoms in total. The van der Waals surface area contributed by atoms with E-state index in [1.165, 1.54) is 0 Å². The van der Waals surface area contributed by atoms with Crippen molar-refractivity contribution in [1.82, 2.24) is 4.98 Å². The molecule has 0 aliphatic heterocycles. The van der Waals surface area contributed by atoms with Crippen LogP contribution in [0.1, 0.15) is 59.6 Å². The number of halogens is 1. The Morgan fingerprint density at radius 2 is 1.88 bits per heavy atom. The summed E-state index contributed by atoms with van der Waals surface area (Å²) in [6, 6.07) is 11.0. The third-order valence-electron chi connectivity index (χ3n) is 5.43. The molecule has 2 aromatic carbocycles. The molecule has 0 bridgehead atoms. The number of aliphatic hydroxyl groups is 1. The van der Waals surface area contributed by atoms with E-state index in [4.69, 9.17) is 30.8 Å². The number of rotatable bonds is 9. The van der Waals surface area contributed by atoms with Gasteiger partial charge in [0.15, 0.2) is 5.78 Å². The number of hydrogen-bond donors (Lipinski definition) is 1. The number of aromatic nitrogens is 1. The first-order valence-corrected chi connectivity index (χ1v) is 11.2. The predicted molar refractivity (Wildman–Crippen MR) is 127 cm³/mol. The van der Waals surface area contributed by atoms with E-state index in [-0.39, 0.29) is 30.8 Å². The number of aryl methyl sites for hydroxylation is 2. The third kappa shape index (κ3) is 5.40. The van der Waals surface area contributed by atoms with E-state index < -0.39 is 0 Å². The summed E-state index contributed by atoms with van der Waals surface area (Å²) in [6.07, 6.45) is 0.490. The number of nitrogens with zero attached hydrogens (tertiary/aromatic N) is 1. The van der Waals surface area contributed by atoms with Gasteiger partial charge < -0.3 is 14.3 Å². The SMILES string of the molecule is Cc1cc(C(=O)C(C)Cc2nc(-c3ccc(Cl)cc3C)oc2C(C)C)ccc1OCCO. The van der Waals surface area contributed by atoms with Crippen molar-refractivity contribution >= 4 is 17.4 Å². The molecule has 1 aromatic heterocycles. The van der Waals surface area contributed by atoms with E-state index in [1.807, 2.05) is 45.0 Å². The van der Waals surface area contributed by atoms with Crippen LogP contribution in [-0.2, 0) is 6.42 Å². The largest absolute Gasteiger partial charge is 0.491 e. The molecule has 0 saturated heterocycles. The van der Waals surface area contributed by atoms with E-state index >= 15 is 0 Å². The highest BCUT2D eigenvalue weighted by Gasteiger charge is 2.24. The van der Waals surface area contributed by atoms with Crippen LogP contribution >= 0.6 is 11.6 Å². The van der Waals surface area contributed by atoms with Crippen LogP contribution in [0.5, 0.6) is 5.75 Å². The molecule has 32 heavy (non-hydrogen) atoms. The van der Waals surface area contributed by atoms with Gasteiger partial charge in [-0.3, -0.25) is 4.79 Å². The Morgan fingerprint density at radius 1 is 1.12 bits per heavy atom. The number of ether oxygens (including phenoxy) is 1. The molecular weight excluding hydrogens is 426 g/mol. The van der Waals surface area contributed by atoms with Gasteiger partial charge in [0.05, 0.1) is 12.3 Å². The Balaban J connectivity index is 1.83. The number of benzene rings is 2. The van der Waals surface area contributed by atoms with Crippen LogP contribution in [-0.4, -0.2) is 29.1 Å². The number of Topliss-reactive ketones (excluding diaryl/α,β-unsaturated/α-hetero) is 1. The van der Waals surface area contributed by atoms with E-state index in [0.717, 1.165) is 28.1 Å². The lowest BCUT2D eigenvalue weighted by molar-refractivity contribution is 0.0928. The Morgan fingerprint density at radius 3 is 2.50 bits per heavy atom. The molecule has 0 radical (unpaired) electrons. The van der Waals surface area contributed by atoms with Crippen LogP contribution < -0.4 is 4.74 Å². The number of hydrogen-bond acceptors (Lipinski definition) is 5. The molecule has 170 valence electrons. The van der Waals surface area contributed by atoms with E-state index in [1.54, 1.807) is 12.1 Å². The van der Waals surface area contributed by atoms with E-state index in [9.17, 15) is 4.79 Å². The fourth-order valence-electron chi connectivity index (χ4n) is 3.73. The molecule has 3 aromatic rings. The zero-order chi connectivity index (χ0) is 23.4. The van der Waals surface area contributed by atoms with Gasteiger partial charge >= 0.3 is 0 Å². The van der Waals surface area contributed by atoms with Crippen molar-refractivity contribution in [3.05, 3.63) is 69.6 Å². The van der Waals surface area contributed by atoms with Crippen LogP contribution in [0, 0.1) is 19.8 Å². The Labute approximate surface area is 194 Å². The van der Waals surface area contributed by atoms with Crippen LogP contribution in [0.25, 0.3) is 11.5 Å². The number of oxazole rings is 1.